The van der Waals surface area contributed by atoms with Crippen molar-refractivity contribution < 1.29 is 73.9 Å². The second-order valence-corrected chi connectivity index (χ2v) is 4.06. The summed E-state index contributed by atoms with van der Waals surface area (Å²) in [4.78, 5) is 11.3. The van der Waals surface area contributed by atoms with E-state index < -0.39 is 24.8 Å². The summed E-state index contributed by atoms with van der Waals surface area (Å²) in [5.74, 6) is -0.982. The summed E-state index contributed by atoms with van der Waals surface area (Å²) >= 11 is 5.66. The maximum absolute atomic E-state index is 12.4. The molecule has 1 rings (SSSR count). The molecule has 0 aliphatic rings. The van der Waals surface area contributed by atoms with E-state index in [9.17, 15) is 17.7 Å². The Morgan fingerprint density at radius 2 is 1.84 bits per heavy atom. The van der Waals surface area contributed by atoms with Crippen LogP contribution in [0.3, 0.4) is 0 Å². The normalized spacial score (nSPS) is 11.7. The van der Waals surface area contributed by atoms with Crippen molar-refractivity contribution in [3.05, 3.63) is 40.4 Å². The Hall–Kier alpha value is 0.211. The molecule has 0 fully saturated rings. The first-order valence-corrected chi connectivity index (χ1v) is 5.45. The predicted molar refractivity (Wildman–Crippen MR) is 65.3 cm³/mol. The molecular weight excluding hydrogens is 306 g/mol. The van der Waals surface area contributed by atoms with Crippen LogP contribution in [0.1, 0.15) is 5.56 Å². The van der Waals surface area contributed by atoms with Crippen molar-refractivity contribution in [3.8, 4) is 0 Å². The fourth-order valence-electron chi connectivity index (χ4n) is 1.34. The van der Waals surface area contributed by atoms with E-state index in [4.69, 9.17) is 11.6 Å². The molecule has 0 N–H and O–H groups in total. The van der Waals surface area contributed by atoms with Crippen molar-refractivity contribution in [3.63, 3.8) is 0 Å². The first kappa shape index (κ1) is 19.2. The van der Waals surface area contributed by atoms with Gasteiger partial charge < -0.3 is 17.7 Å². The number of halogens is 4. The summed E-state index contributed by atoms with van der Waals surface area (Å²) in [5, 5.41) is 0.465. The van der Waals surface area contributed by atoms with Crippen molar-refractivity contribution in [1.29, 1.82) is 0 Å². The van der Waals surface area contributed by atoms with Gasteiger partial charge in [0, 0.05) is 10.6 Å². The van der Waals surface area contributed by atoms with Crippen LogP contribution in [0.15, 0.2) is 29.8 Å². The number of hydrogen-bond acceptors (Lipinski definition) is 2. The first-order valence-electron chi connectivity index (χ1n) is 5.07. The molecule has 8 heteroatoms. The van der Waals surface area contributed by atoms with Crippen LogP contribution in [0.2, 0.25) is 11.3 Å². The minimum atomic E-state index is -5.09. The van der Waals surface area contributed by atoms with E-state index in [1.807, 2.05) is 0 Å². The molecule has 1 aromatic carbocycles. The van der Waals surface area contributed by atoms with Crippen molar-refractivity contribution in [2.75, 3.05) is 7.11 Å². The largest absolute Gasteiger partial charge is 1.00 e. The van der Waals surface area contributed by atoms with Crippen molar-refractivity contribution in [2.24, 2.45) is 0 Å². The van der Waals surface area contributed by atoms with Crippen molar-refractivity contribution in [2.45, 2.75) is 6.32 Å². The molecule has 0 bridgehead atoms. The Bertz CT molecular complexity index is 460. The molecule has 0 radical (unpaired) electrons. The summed E-state index contributed by atoms with van der Waals surface area (Å²) in [6.45, 7) is -5.09. The third-order valence-corrected chi connectivity index (χ3v) is 2.36. The first-order chi connectivity index (χ1) is 8.31. The molecule has 19 heavy (non-hydrogen) atoms. The SMILES string of the molecule is COC(=O)/C(=C/c1ccc(Cl)cc1)C[B-](F)(F)F.[K+]. The van der Waals surface area contributed by atoms with E-state index in [0.717, 1.165) is 13.2 Å². The van der Waals surface area contributed by atoms with E-state index in [0.29, 0.717) is 10.6 Å². The van der Waals surface area contributed by atoms with Crippen LogP contribution in [0.4, 0.5) is 12.9 Å². The zero-order chi connectivity index (χ0) is 13.8. The van der Waals surface area contributed by atoms with Crippen LogP contribution in [0.5, 0.6) is 0 Å². The maximum Gasteiger partial charge on any atom is 1.00 e. The standard InChI is InChI=1S/C11H10BClF3O2.K/c1-18-11(17)9(7-12(14,15)16)6-8-2-4-10(13)5-3-8;/h2-6H,7H2,1H3;/q-1;+1/b9-6+;. The molecule has 0 atom stereocenters. The Labute approximate surface area is 156 Å². The second kappa shape index (κ2) is 8.49. The molecule has 98 valence electrons. The van der Waals surface area contributed by atoms with E-state index in [1.54, 1.807) is 0 Å². The fraction of sp³-hybridized carbons (Fsp3) is 0.182. The molecular formula is C11H10BClF3KO2. The minimum Gasteiger partial charge on any atom is -0.466 e. The van der Waals surface area contributed by atoms with Gasteiger partial charge >= 0.3 is 64.3 Å². The molecule has 1 aromatic rings. The summed E-state index contributed by atoms with van der Waals surface area (Å²) in [5.41, 5.74) is 0.0344. The fourth-order valence-corrected chi connectivity index (χ4v) is 1.47. The molecule has 0 aromatic heterocycles. The van der Waals surface area contributed by atoms with Gasteiger partial charge in [-0.2, -0.15) is 0 Å². The number of benzene rings is 1. The van der Waals surface area contributed by atoms with E-state index in [-0.39, 0.29) is 51.4 Å². The van der Waals surface area contributed by atoms with E-state index in [2.05, 4.69) is 4.74 Å². The molecule has 0 spiro atoms. The molecule has 0 aliphatic carbocycles. The maximum atomic E-state index is 12.4. The van der Waals surface area contributed by atoms with Crippen LogP contribution in [-0.4, -0.2) is 20.1 Å². The monoisotopic (exact) mass is 316 g/mol. The molecule has 0 unspecified atom stereocenters. The number of hydrogen-bond donors (Lipinski definition) is 0. The average molecular weight is 317 g/mol. The quantitative estimate of drug-likeness (QED) is 0.465. The van der Waals surface area contributed by atoms with Crippen LogP contribution in [0.25, 0.3) is 6.08 Å². The van der Waals surface area contributed by atoms with Gasteiger partial charge in [-0.15, -0.1) is 0 Å². The summed E-state index contributed by atoms with van der Waals surface area (Å²) in [6.07, 6.45) is -0.118. The van der Waals surface area contributed by atoms with Crippen LogP contribution in [-0.2, 0) is 9.53 Å². The number of methoxy groups -OCH3 is 1. The number of esters is 1. The van der Waals surface area contributed by atoms with Gasteiger partial charge in [-0.25, -0.2) is 4.79 Å². The molecule has 0 saturated carbocycles. The van der Waals surface area contributed by atoms with Gasteiger partial charge in [-0.3, -0.25) is 0 Å². The van der Waals surface area contributed by atoms with Gasteiger partial charge in [0.2, 0.25) is 0 Å². The van der Waals surface area contributed by atoms with Gasteiger partial charge in [0.25, 0.3) is 0 Å². The van der Waals surface area contributed by atoms with E-state index >= 15 is 0 Å². The molecule has 0 saturated heterocycles. The summed E-state index contributed by atoms with van der Waals surface area (Å²) in [6, 6.07) is 6.10. The average Bonchev–Trinajstić information content (AvgIpc) is 2.28. The van der Waals surface area contributed by atoms with Crippen molar-refractivity contribution >= 4 is 30.6 Å². The number of carbonyl (C=O) groups excluding carboxylic acids is 1. The van der Waals surface area contributed by atoms with Crippen LogP contribution < -0.4 is 51.4 Å². The van der Waals surface area contributed by atoms with Crippen molar-refractivity contribution in [1.82, 2.24) is 0 Å². The Kier molecular flexibility index (Phi) is 8.58. The third-order valence-electron chi connectivity index (χ3n) is 2.11. The van der Waals surface area contributed by atoms with Gasteiger partial charge in [0.1, 0.15) is 0 Å². The van der Waals surface area contributed by atoms with Gasteiger partial charge in [0.05, 0.1) is 7.11 Å². The molecule has 0 aliphatic heterocycles. The van der Waals surface area contributed by atoms with Gasteiger partial charge in [0.15, 0.2) is 0 Å². The molecule has 2 nitrogen and oxygen atoms in total. The van der Waals surface area contributed by atoms with Crippen LogP contribution in [0, 0.1) is 0 Å². The summed E-state index contributed by atoms with van der Waals surface area (Å²) in [7, 11) is 1.04. The Morgan fingerprint density at radius 3 is 2.26 bits per heavy atom. The van der Waals surface area contributed by atoms with Crippen LogP contribution >= 0.6 is 11.6 Å². The zero-order valence-corrected chi connectivity index (χ0v) is 14.4. The van der Waals surface area contributed by atoms with E-state index in [1.165, 1.54) is 24.3 Å². The van der Waals surface area contributed by atoms with Gasteiger partial charge in [-0.1, -0.05) is 30.1 Å². The number of rotatable bonds is 4. The molecule has 0 heterocycles. The zero-order valence-electron chi connectivity index (χ0n) is 10.5. The predicted octanol–water partition coefficient (Wildman–Crippen LogP) is 0.748. The minimum absolute atomic E-state index is 0. The number of carbonyl (C=O) groups is 1. The Morgan fingerprint density at radius 1 is 1.32 bits per heavy atom. The summed E-state index contributed by atoms with van der Waals surface area (Å²) < 4.78 is 41.4. The van der Waals surface area contributed by atoms with Gasteiger partial charge in [-0.05, 0) is 23.8 Å². The topological polar surface area (TPSA) is 26.3 Å². The molecule has 0 amide bonds. The second-order valence-electron chi connectivity index (χ2n) is 3.63. The number of ether oxygens (including phenoxy) is 1. The third kappa shape index (κ3) is 7.53. The smallest absolute Gasteiger partial charge is 0.466 e. The Balaban J connectivity index is 0.00000324.